The Balaban J connectivity index is 2.10. The number of halogens is 1. The fourth-order valence-corrected chi connectivity index (χ4v) is 3.63. The van der Waals surface area contributed by atoms with E-state index in [-0.39, 0.29) is 5.82 Å². The summed E-state index contributed by atoms with van der Waals surface area (Å²) in [7, 11) is 0. The molecular weight excluding hydrogens is 291 g/mol. The highest BCUT2D eigenvalue weighted by molar-refractivity contribution is 6.10. The van der Waals surface area contributed by atoms with Gasteiger partial charge < -0.3 is 10.7 Å². The molecule has 2 aromatic carbocycles. The molecule has 0 unspecified atom stereocenters. The predicted octanol–water partition coefficient (Wildman–Crippen LogP) is 3.95. The molecule has 4 rings (SSSR count). The maximum atomic E-state index is 14.3. The maximum absolute atomic E-state index is 14.3. The van der Waals surface area contributed by atoms with Crippen molar-refractivity contribution < 1.29 is 9.18 Å². The van der Waals surface area contributed by atoms with Gasteiger partial charge in [0.25, 0.3) is 5.91 Å². The van der Waals surface area contributed by atoms with Crippen LogP contribution in [0.1, 0.15) is 34.5 Å². The molecule has 1 aliphatic carbocycles. The molecule has 1 amide bonds. The quantitative estimate of drug-likeness (QED) is 0.740. The van der Waals surface area contributed by atoms with Gasteiger partial charge in [-0.1, -0.05) is 24.3 Å². The lowest BCUT2D eigenvalue weighted by Gasteiger charge is -2.13. The van der Waals surface area contributed by atoms with Crippen molar-refractivity contribution in [2.24, 2.45) is 5.73 Å². The van der Waals surface area contributed by atoms with E-state index < -0.39 is 5.91 Å². The van der Waals surface area contributed by atoms with Gasteiger partial charge in [0.05, 0.1) is 11.1 Å². The lowest BCUT2D eigenvalue weighted by atomic mass is 9.90. The van der Waals surface area contributed by atoms with E-state index >= 15 is 0 Å². The van der Waals surface area contributed by atoms with Gasteiger partial charge in [0.15, 0.2) is 0 Å². The molecule has 23 heavy (non-hydrogen) atoms. The van der Waals surface area contributed by atoms with Crippen LogP contribution in [-0.2, 0) is 12.8 Å². The van der Waals surface area contributed by atoms with Crippen molar-refractivity contribution in [2.75, 3.05) is 0 Å². The second kappa shape index (κ2) is 5.23. The summed E-state index contributed by atoms with van der Waals surface area (Å²) in [5.41, 5.74) is 10.5. The van der Waals surface area contributed by atoms with Crippen LogP contribution in [0.3, 0.4) is 0 Å². The van der Waals surface area contributed by atoms with Crippen molar-refractivity contribution in [3.63, 3.8) is 0 Å². The first-order valence-corrected chi connectivity index (χ1v) is 7.88. The molecule has 3 nitrogen and oxygen atoms in total. The smallest absolute Gasteiger partial charge is 0.250 e. The zero-order chi connectivity index (χ0) is 16.0. The Morgan fingerprint density at radius 1 is 1.04 bits per heavy atom. The summed E-state index contributed by atoms with van der Waals surface area (Å²) < 4.78 is 14.3. The molecular formula is C19H17FN2O. The van der Waals surface area contributed by atoms with Gasteiger partial charge in [-0.15, -0.1) is 0 Å². The van der Waals surface area contributed by atoms with Crippen LogP contribution in [0, 0.1) is 5.82 Å². The van der Waals surface area contributed by atoms with Crippen molar-refractivity contribution in [1.29, 1.82) is 0 Å². The molecule has 0 fully saturated rings. The van der Waals surface area contributed by atoms with E-state index in [9.17, 15) is 9.18 Å². The van der Waals surface area contributed by atoms with E-state index in [0.717, 1.165) is 47.8 Å². The van der Waals surface area contributed by atoms with Crippen LogP contribution in [0.25, 0.3) is 22.0 Å². The minimum atomic E-state index is -0.464. The van der Waals surface area contributed by atoms with Crippen LogP contribution >= 0.6 is 0 Å². The van der Waals surface area contributed by atoms with Gasteiger partial charge in [0, 0.05) is 16.6 Å². The molecule has 0 atom stereocenters. The van der Waals surface area contributed by atoms with Crippen molar-refractivity contribution >= 4 is 16.8 Å². The molecule has 3 N–H and O–H groups in total. The number of aromatic nitrogens is 1. The zero-order valence-electron chi connectivity index (χ0n) is 12.7. The number of primary amides is 1. The third-order valence-electron chi connectivity index (χ3n) is 4.68. The number of H-pyrrole nitrogens is 1. The second-order valence-electron chi connectivity index (χ2n) is 6.04. The molecule has 1 aromatic heterocycles. The highest BCUT2D eigenvalue weighted by Gasteiger charge is 2.22. The average Bonchev–Trinajstić information content (AvgIpc) is 2.94. The van der Waals surface area contributed by atoms with Gasteiger partial charge >= 0.3 is 0 Å². The van der Waals surface area contributed by atoms with Gasteiger partial charge in [-0.25, -0.2) is 4.39 Å². The fourth-order valence-electron chi connectivity index (χ4n) is 3.63. The predicted molar refractivity (Wildman–Crippen MR) is 88.9 cm³/mol. The number of rotatable bonds is 2. The van der Waals surface area contributed by atoms with Crippen LogP contribution in [0.15, 0.2) is 36.4 Å². The van der Waals surface area contributed by atoms with Crippen molar-refractivity contribution in [1.82, 2.24) is 4.98 Å². The number of benzene rings is 2. The van der Waals surface area contributed by atoms with E-state index in [1.807, 2.05) is 12.1 Å². The summed E-state index contributed by atoms with van der Waals surface area (Å²) in [6.45, 7) is 0. The van der Waals surface area contributed by atoms with Crippen molar-refractivity contribution in [2.45, 2.75) is 25.7 Å². The highest BCUT2D eigenvalue weighted by Crippen LogP contribution is 2.38. The monoisotopic (exact) mass is 308 g/mol. The number of aromatic amines is 1. The summed E-state index contributed by atoms with van der Waals surface area (Å²) in [4.78, 5) is 15.1. The van der Waals surface area contributed by atoms with Gasteiger partial charge in [-0.2, -0.15) is 0 Å². The van der Waals surface area contributed by atoms with E-state index in [2.05, 4.69) is 4.98 Å². The van der Waals surface area contributed by atoms with Gasteiger partial charge in [0.1, 0.15) is 5.82 Å². The first kappa shape index (κ1) is 14.0. The van der Waals surface area contributed by atoms with E-state index in [4.69, 9.17) is 5.73 Å². The normalized spacial score (nSPS) is 14.0. The standard InChI is InChI=1S/C19H17FN2O/c20-15-7-3-1-5-11(15)12-9-10-14(19(21)23)18-17(12)13-6-2-4-8-16(13)22-18/h1,3,5,7,9-10,22H,2,4,6,8H2,(H2,21,23). The molecule has 4 heteroatoms. The Morgan fingerprint density at radius 3 is 2.61 bits per heavy atom. The summed E-state index contributed by atoms with van der Waals surface area (Å²) >= 11 is 0. The van der Waals surface area contributed by atoms with Gasteiger partial charge in [-0.3, -0.25) is 4.79 Å². The maximum Gasteiger partial charge on any atom is 0.250 e. The largest absolute Gasteiger partial charge is 0.366 e. The Hall–Kier alpha value is -2.62. The molecule has 0 radical (unpaired) electrons. The summed E-state index contributed by atoms with van der Waals surface area (Å²) in [5, 5.41) is 0.945. The number of nitrogens with two attached hydrogens (primary N) is 1. The van der Waals surface area contributed by atoms with E-state index in [1.165, 1.54) is 11.6 Å². The summed E-state index contributed by atoms with van der Waals surface area (Å²) in [5.74, 6) is -0.722. The third-order valence-corrected chi connectivity index (χ3v) is 4.68. The lowest BCUT2D eigenvalue weighted by molar-refractivity contribution is 0.100. The Labute approximate surface area is 133 Å². The molecule has 0 aliphatic heterocycles. The molecule has 0 saturated carbocycles. The number of carbonyl (C=O) groups excluding carboxylic acids is 1. The van der Waals surface area contributed by atoms with E-state index in [1.54, 1.807) is 18.2 Å². The summed E-state index contributed by atoms with van der Waals surface area (Å²) in [6, 6.07) is 10.2. The molecule has 116 valence electrons. The number of nitrogens with one attached hydrogen (secondary N) is 1. The number of fused-ring (bicyclic) bond motifs is 3. The second-order valence-corrected chi connectivity index (χ2v) is 6.04. The topological polar surface area (TPSA) is 58.9 Å². The lowest BCUT2D eigenvalue weighted by Crippen LogP contribution is -2.11. The molecule has 1 heterocycles. The first-order valence-electron chi connectivity index (χ1n) is 7.88. The van der Waals surface area contributed by atoms with Gasteiger partial charge in [-0.05, 0) is 48.9 Å². The Kier molecular flexibility index (Phi) is 3.18. The SMILES string of the molecule is NC(=O)c1ccc(-c2ccccc2F)c2c3c([nH]c12)CCCC3. The Morgan fingerprint density at radius 2 is 1.83 bits per heavy atom. The van der Waals surface area contributed by atoms with Crippen LogP contribution < -0.4 is 5.73 Å². The minimum Gasteiger partial charge on any atom is -0.366 e. The van der Waals surface area contributed by atoms with Crippen LogP contribution in [-0.4, -0.2) is 10.9 Å². The number of hydrogen-bond donors (Lipinski definition) is 2. The fraction of sp³-hybridized carbons (Fsp3) is 0.211. The molecule has 3 aromatic rings. The molecule has 0 saturated heterocycles. The number of hydrogen-bond acceptors (Lipinski definition) is 1. The molecule has 0 spiro atoms. The number of amides is 1. The zero-order valence-corrected chi connectivity index (χ0v) is 12.7. The Bertz CT molecular complexity index is 927. The number of aryl methyl sites for hydroxylation is 2. The number of carbonyl (C=O) groups is 1. The van der Waals surface area contributed by atoms with Crippen LogP contribution in [0.4, 0.5) is 4.39 Å². The average molecular weight is 308 g/mol. The molecule has 1 aliphatic rings. The first-order chi connectivity index (χ1) is 11.2. The highest BCUT2D eigenvalue weighted by atomic mass is 19.1. The summed E-state index contributed by atoms with van der Waals surface area (Å²) in [6.07, 6.45) is 4.14. The van der Waals surface area contributed by atoms with Crippen LogP contribution in [0.2, 0.25) is 0 Å². The third kappa shape index (κ3) is 2.13. The van der Waals surface area contributed by atoms with Crippen LogP contribution in [0.5, 0.6) is 0 Å². The van der Waals surface area contributed by atoms with Crippen molar-refractivity contribution in [3.05, 3.63) is 59.0 Å². The minimum absolute atomic E-state index is 0.258. The van der Waals surface area contributed by atoms with Crippen molar-refractivity contribution in [3.8, 4) is 11.1 Å². The van der Waals surface area contributed by atoms with Gasteiger partial charge in [0.2, 0.25) is 0 Å². The van der Waals surface area contributed by atoms with E-state index in [0.29, 0.717) is 11.1 Å². The molecule has 0 bridgehead atoms.